The predicted octanol–water partition coefficient (Wildman–Crippen LogP) is 1.97. The van der Waals surface area contributed by atoms with Crippen LogP contribution < -0.4 is 5.73 Å². The number of nitrogens with two attached hydrogens (primary N) is 1. The maximum absolute atomic E-state index is 11.5. The van der Waals surface area contributed by atoms with Crippen LogP contribution in [-0.2, 0) is 0 Å². The van der Waals surface area contributed by atoms with Gasteiger partial charge in [0.25, 0.3) is 5.91 Å². The van der Waals surface area contributed by atoms with Gasteiger partial charge in [-0.25, -0.2) is 4.98 Å². The summed E-state index contributed by atoms with van der Waals surface area (Å²) >= 11 is 0. The van der Waals surface area contributed by atoms with E-state index in [0.717, 1.165) is 11.3 Å². The maximum atomic E-state index is 11.5. The van der Waals surface area contributed by atoms with Crippen molar-refractivity contribution in [1.29, 1.82) is 5.26 Å². The van der Waals surface area contributed by atoms with Gasteiger partial charge in [0.05, 0.1) is 16.8 Å². The first kappa shape index (κ1) is 11.9. The summed E-state index contributed by atoms with van der Waals surface area (Å²) in [6.45, 7) is 0. The Bertz CT molecular complexity index is 843. The number of primary amides is 1. The minimum absolute atomic E-state index is 0.242. The second kappa shape index (κ2) is 4.52. The van der Waals surface area contributed by atoms with Crippen molar-refractivity contribution in [2.45, 2.75) is 0 Å². The van der Waals surface area contributed by atoms with Crippen LogP contribution in [0.15, 0.2) is 48.8 Å². The number of benzene rings is 1. The lowest BCUT2D eigenvalue weighted by molar-refractivity contribution is 0.100. The fraction of sp³-hybridized carbons (Fsp3) is 0. The van der Waals surface area contributed by atoms with E-state index in [9.17, 15) is 4.79 Å². The molecule has 0 aliphatic heterocycles. The Hall–Kier alpha value is -3.13. The van der Waals surface area contributed by atoms with Crippen LogP contribution in [0.5, 0.6) is 0 Å². The molecule has 20 heavy (non-hydrogen) atoms. The minimum Gasteiger partial charge on any atom is -0.365 e. The molecule has 2 heterocycles. The molecule has 2 aromatic heterocycles. The third-order valence-electron chi connectivity index (χ3n) is 3.02. The molecule has 0 radical (unpaired) electrons. The highest BCUT2D eigenvalue weighted by Crippen LogP contribution is 2.21. The van der Waals surface area contributed by atoms with Gasteiger partial charge in [-0.1, -0.05) is 30.3 Å². The Morgan fingerprint density at radius 1 is 1.25 bits per heavy atom. The van der Waals surface area contributed by atoms with Gasteiger partial charge in [0.2, 0.25) is 0 Å². The molecule has 3 rings (SSSR count). The average molecular weight is 262 g/mol. The van der Waals surface area contributed by atoms with E-state index in [0.29, 0.717) is 11.2 Å². The van der Waals surface area contributed by atoms with Crippen molar-refractivity contribution < 1.29 is 4.79 Å². The fourth-order valence-electron chi connectivity index (χ4n) is 2.09. The van der Waals surface area contributed by atoms with Crippen molar-refractivity contribution in [1.82, 2.24) is 9.38 Å². The van der Waals surface area contributed by atoms with Gasteiger partial charge in [-0.2, -0.15) is 5.26 Å². The van der Waals surface area contributed by atoms with Crippen molar-refractivity contribution in [3.63, 3.8) is 0 Å². The van der Waals surface area contributed by atoms with Gasteiger partial charge in [0, 0.05) is 18.0 Å². The summed E-state index contributed by atoms with van der Waals surface area (Å²) in [6.07, 6.45) is 3.40. The molecule has 0 spiro atoms. The summed E-state index contributed by atoms with van der Waals surface area (Å²) in [5.41, 5.74) is 8.07. The molecule has 2 N–H and O–H groups in total. The lowest BCUT2D eigenvalue weighted by atomic mass is 10.2. The number of fused-ring (bicyclic) bond motifs is 1. The molecule has 0 atom stereocenters. The summed E-state index contributed by atoms with van der Waals surface area (Å²) < 4.78 is 1.65. The third-order valence-corrected chi connectivity index (χ3v) is 3.02. The van der Waals surface area contributed by atoms with Gasteiger partial charge in [0.1, 0.15) is 11.7 Å². The van der Waals surface area contributed by atoms with Crippen molar-refractivity contribution in [2.75, 3.05) is 0 Å². The Kier molecular flexibility index (Phi) is 2.70. The topological polar surface area (TPSA) is 84.2 Å². The van der Waals surface area contributed by atoms with Gasteiger partial charge in [-0.15, -0.1) is 0 Å². The average Bonchev–Trinajstić information content (AvgIpc) is 2.90. The minimum atomic E-state index is -0.600. The highest BCUT2D eigenvalue weighted by Gasteiger charge is 2.13. The summed E-state index contributed by atoms with van der Waals surface area (Å²) in [5, 5.41) is 8.99. The monoisotopic (exact) mass is 262 g/mol. The molecule has 0 bridgehead atoms. The van der Waals surface area contributed by atoms with Crippen molar-refractivity contribution in [3.8, 4) is 17.3 Å². The number of carbonyl (C=O) groups excluding carboxylic acids is 1. The van der Waals surface area contributed by atoms with Gasteiger partial charge < -0.3 is 10.1 Å². The van der Waals surface area contributed by atoms with Crippen LogP contribution in [0, 0.1) is 11.3 Å². The largest absolute Gasteiger partial charge is 0.365 e. The molecular weight excluding hydrogens is 252 g/mol. The van der Waals surface area contributed by atoms with E-state index in [1.807, 2.05) is 36.4 Å². The number of amides is 1. The number of pyridine rings is 1. The first-order valence-corrected chi connectivity index (χ1v) is 5.97. The summed E-state index contributed by atoms with van der Waals surface area (Å²) in [4.78, 5) is 15.9. The van der Waals surface area contributed by atoms with Crippen LogP contribution in [0.1, 0.15) is 15.9 Å². The summed E-state index contributed by atoms with van der Waals surface area (Å²) in [7, 11) is 0. The van der Waals surface area contributed by atoms with Crippen LogP contribution in [0.25, 0.3) is 16.9 Å². The summed E-state index contributed by atoms with van der Waals surface area (Å²) in [5.74, 6) is -0.600. The van der Waals surface area contributed by atoms with Gasteiger partial charge in [-0.3, -0.25) is 4.79 Å². The Labute approximate surface area is 114 Å². The smallest absolute Gasteiger partial charge is 0.252 e. The molecule has 0 aliphatic carbocycles. The van der Waals surface area contributed by atoms with Crippen molar-refractivity contribution >= 4 is 11.6 Å². The highest BCUT2D eigenvalue weighted by atomic mass is 16.1. The SMILES string of the molecule is N#Cc1cc(C(N)=O)c2nc(-c3ccccc3)cn2c1. The lowest BCUT2D eigenvalue weighted by Crippen LogP contribution is -2.13. The van der Waals surface area contributed by atoms with Crippen LogP contribution in [0.3, 0.4) is 0 Å². The molecule has 0 saturated carbocycles. The van der Waals surface area contributed by atoms with E-state index in [4.69, 9.17) is 11.0 Å². The molecule has 0 saturated heterocycles. The zero-order chi connectivity index (χ0) is 14.1. The van der Waals surface area contributed by atoms with E-state index in [2.05, 4.69) is 4.98 Å². The molecule has 5 heteroatoms. The molecule has 0 fully saturated rings. The number of nitriles is 1. The molecule has 0 aliphatic rings. The Balaban J connectivity index is 2.28. The first-order valence-electron chi connectivity index (χ1n) is 5.97. The van der Waals surface area contributed by atoms with Crippen LogP contribution in [0.4, 0.5) is 0 Å². The Morgan fingerprint density at radius 2 is 2.00 bits per heavy atom. The van der Waals surface area contributed by atoms with Crippen LogP contribution in [-0.4, -0.2) is 15.3 Å². The van der Waals surface area contributed by atoms with E-state index < -0.39 is 5.91 Å². The van der Waals surface area contributed by atoms with Crippen molar-refractivity contribution in [3.05, 3.63) is 59.9 Å². The second-order valence-corrected chi connectivity index (χ2v) is 4.34. The number of imidazole rings is 1. The molecule has 1 aromatic carbocycles. The van der Waals surface area contributed by atoms with E-state index in [-0.39, 0.29) is 5.56 Å². The fourth-order valence-corrected chi connectivity index (χ4v) is 2.09. The first-order chi connectivity index (χ1) is 9.69. The third kappa shape index (κ3) is 1.89. The number of carbonyl (C=O) groups is 1. The van der Waals surface area contributed by atoms with E-state index in [1.165, 1.54) is 6.07 Å². The van der Waals surface area contributed by atoms with Crippen molar-refractivity contribution in [2.24, 2.45) is 5.73 Å². The normalized spacial score (nSPS) is 10.3. The number of hydrogen-bond donors (Lipinski definition) is 1. The molecule has 96 valence electrons. The van der Waals surface area contributed by atoms with Crippen LogP contribution in [0.2, 0.25) is 0 Å². The zero-order valence-corrected chi connectivity index (χ0v) is 10.4. The maximum Gasteiger partial charge on any atom is 0.252 e. The standard InChI is InChI=1S/C15H10N4O/c16-7-10-6-12(14(17)20)15-18-13(9-19(15)8-10)11-4-2-1-3-5-11/h1-6,8-9H,(H2,17,20). The number of rotatable bonds is 2. The quantitative estimate of drug-likeness (QED) is 0.766. The van der Waals surface area contributed by atoms with Crippen LogP contribution >= 0.6 is 0 Å². The zero-order valence-electron chi connectivity index (χ0n) is 10.4. The molecule has 3 aromatic rings. The molecule has 5 nitrogen and oxygen atoms in total. The van der Waals surface area contributed by atoms with Gasteiger partial charge in [-0.05, 0) is 6.07 Å². The van der Waals surface area contributed by atoms with E-state index in [1.54, 1.807) is 16.8 Å². The van der Waals surface area contributed by atoms with Gasteiger partial charge in [0.15, 0.2) is 0 Å². The molecular formula is C15H10N4O. The summed E-state index contributed by atoms with van der Waals surface area (Å²) in [6, 6.07) is 13.1. The number of nitrogens with zero attached hydrogens (tertiary/aromatic N) is 3. The molecule has 0 unspecified atom stereocenters. The van der Waals surface area contributed by atoms with Gasteiger partial charge >= 0.3 is 0 Å². The van der Waals surface area contributed by atoms with E-state index >= 15 is 0 Å². The predicted molar refractivity (Wildman–Crippen MR) is 73.9 cm³/mol. The highest BCUT2D eigenvalue weighted by molar-refractivity contribution is 5.99. The number of aromatic nitrogens is 2. The number of hydrogen-bond acceptors (Lipinski definition) is 3. The second-order valence-electron chi connectivity index (χ2n) is 4.34. The lowest BCUT2D eigenvalue weighted by Gasteiger charge is -1.99. The molecule has 1 amide bonds. The Morgan fingerprint density at radius 3 is 2.65 bits per heavy atom.